The number of nitrogens with zero attached hydrogens (tertiary/aromatic N) is 2. The van der Waals surface area contributed by atoms with E-state index < -0.39 is 0 Å². The third-order valence-electron chi connectivity index (χ3n) is 3.29. The summed E-state index contributed by atoms with van der Waals surface area (Å²) in [5, 5.41) is 6.65. The minimum atomic E-state index is -0.187. The van der Waals surface area contributed by atoms with Gasteiger partial charge in [-0.25, -0.2) is 4.39 Å². The molecule has 1 saturated carbocycles. The smallest absolute Gasteiger partial charge is 0.191 e. The van der Waals surface area contributed by atoms with Crippen LogP contribution in [0.1, 0.15) is 18.4 Å². The molecule has 20 heavy (non-hydrogen) atoms. The van der Waals surface area contributed by atoms with Gasteiger partial charge in [-0.3, -0.25) is 4.99 Å². The Morgan fingerprint density at radius 1 is 1.35 bits per heavy atom. The molecule has 1 aliphatic carbocycles. The first-order valence-corrected chi connectivity index (χ1v) is 7.07. The Bertz CT molecular complexity index is 440. The molecule has 1 aromatic rings. The molecule has 0 radical (unpaired) electrons. The molecule has 0 saturated heterocycles. The van der Waals surface area contributed by atoms with Crippen molar-refractivity contribution in [3.63, 3.8) is 0 Å². The number of hydrogen-bond acceptors (Lipinski definition) is 2. The van der Waals surface area contributed by atoms with Crippen LogP contribution < -0.4 is 10.6 Å². The number of rotatable bonds is 6. The Balaban J connectivity index is 1.66. The van der Waals surface area contributed by atoms with Gasteiger partial charge in [0.05, 0.1) is 0 Å². The van der Waals surface area contributed by atoms with Crippen LogP contribution in [0, 0.1) is 5.82 Å². The van der Waals surface area contributed by atoms with Crippen molar-refractivity contribution >= 4 is 5.96 Å². The molecule has 0 atom stereocenters. The lowest BCUT2D eigenvalue weighted by Crippen LogP contribution is -2.41. The van der Waals surface area contributed by atoms with Crippen molar-refractivity contribution in [1.82, 2.24) is 15.5 Å². The highest BCUT2D eigenvalue weighted by molar-refractivity contribution is 5.80. The summed E-state index contributed by atoms with van der Waals surface area (Å²) in [6, 6.07) is 7.27. The normalized spacial score (nSPS) is 15.5. The SMILES string of the molecule is CN=C(NCCN(C)Cc1ccc(F)cc1)NC1CC1. The van der Waals surface area contributed by atoms with E-state index in [0.717, 1.165) is 31.2 Å². The third-order valence-corrected chi connectivity index (χ3v) is 3.29. The lowest BCUT2D eigenvalue weighted by molar-refractivity contribution is 0.331. The first-order valence-electron chi connectivity index (χ1n) is 7.07. The Morgan fingerprint density at radius 3 is 2.65 bits per heavy atom. The minimum absolute atomic E-state index is 0.187. The molecule has 0 amide bonds. The van der Waals surface area contributed by atoms with Gasteiger partial charge in [0.25, 0.3) is 0 Å². The fourth-order valence-corrected chi connectivity index (χ4v) is 1.96. The Morgan fingerprint density at radius 2 is 2.05 bits per heavy atom. The number of benzene rings is 1. The molecular formula is C15H23FN4. The summed E-state index contributed by atoms with van der Waals surface area (Å²) in [4.78, 5) is 6.39. The molecule has 1 aliphatic rings. The van der Waals surface area contributed by atoms with Gasteiger partial charge in [0.2, 0.25) is 0 Å². The quantitative estimate of drug-likeness (QED) is 0.613. The van der Waals surface area contributed by atoms with E-state index in [9.17, 15) is 4.39 Å². The second-order valence-corrected chi connectivity index (χ2v) is 5.28. The van der Waals surface area contributed by atoms with Gasteiger partial charge < -0.3 is 15.5 Å². The van der Waals surface area contributed by atoms with E-state index in [2.05, 4.69) is 27.6 Å². The minimum Gasteiger partial charge on any atom is -0.355 e. The van der Waals surface area contributed by atoms with Gasteiger partial charge in [-0.05, 0) is 37.6 Å². The third kappa shape index (κ3) is 5.17. The van der Waals surface area contributed by atoms with Crippen LogP contribution in [0.2, 0.25) is 0 Å². The second kappa shape index (κ2) is 7.24. The molecule has 2 N–H and O–H groups in total. The van der Waals surface area contributed by atoms with Crippen LogP contribution in [0.3, 0.4) is 0 Å². The summed E-state index contributed by atoms with van der Waals surface area (Å²) in [6.45, 7) is 2.56. The average Bonchev–Trinajstić information content (AvgIpc) is 3.24. The van der Waals surface area contributed by atoms with Crippen molar-refractivity contribution < 1.29 is 4.39 Å². The summed E-state index contributed by atoms with van der Waals surface area (Å²) >= 11 is 0. The van der Waals surface area contributed by atoms with Crippen LogP contribution in [0.5, 0.6) is 0 Å². The van der Waals surface area contributed by atoms with Gasteiger partial charge in [0.1, 0.15) is 5.82 Å². The molecule has 1 aromatic carbocycles. The van der Waals surface area contributed by atoms with Crippen LogP contribution >= 0.6 is 0 Å². The number of halogens is 1. The first kappa shape index (κ1) is 14.8. The topological polar surface area (TPSA) is 39.7 Å². The zero-order chi connectivity index (χ0) is 14.4. The highest BCUT2D eigenvalue weighted by Crippen LogP contribution is 2.18. The van der Waals surface area contributed by atoms with Crippen molar-refractivity contribution in [2.45, 2.75) is 25.4 Å². The number of guanidine groups is 1. The van der Waals surface area contributed by atoms with Crippen molar-refractivity contribution in [3.8, 4) is 0 Å². The molecule has 5 heteroatoms. The predicted molar refractivity (Wildman–Crippen MR) is 80.3 cm³/mol. The Labute approximate surface area is 120 Å². The van der Waals surface area contributed by atoms with E-state index in [1.54, 1.807) is 7.05 Å². The molecule has 110 valence electrons. The Hall–Kier alpha value is -1.62. The van der Waals surface area contributed by atoms with Crippen LogP contribution in [0.4, 0.5) is 4.39 Å². The fourth-order valence-electron chi connectivity index (χ4n) is 1.96. The number of likely N-dealkylation sites (N-methyl/N-ethyl adjacent to an activating group) is 1. The monoisotopic (exact) mass is 278 g/mol. The summed E-state index contributed by atoms with van der Waals surface area (Å²) in [7, 11) is 3.85. The van der Waals surface area contributed by atoms with E-state index in [1.165, 1.54) is 25.0 Å². The van der Waals surface area contributed by atoms with E-state index in [1.807, 2.05) is 12.1 Å². The number of hydrogen-bond donors (Lipinski definition) is 2. The molecule has 0 bridgehead atoms. The maximum atomic E-state index is 12.8. The molecule has 1 fully saturated rings. The van der Waals surface area contributed by atoms with Gasteiger partial charge in [-0.2, -0.15) is 0 Å². The predicted octanol–water partition coefficient (Wildman–Crippen LogP) is 1.58. The molecule has 0 heterocycles. The average molecular weight is 278 g/mol. The van der Waals surface area contributed by atoms with Crippen LogP contribution in [0.15, 0.2) is 29.3 Å². The van der Waals surface area contributed by atoms with Crippen LogP contribution in [-0.4, -0.2) is 44.1 Å². The van der Waals surface area contributed by atoms with E-state index in [4.69, 9.17) is 0 Å². The molecule has 0 unspecified atom stereocenters. The standard InChI is InChI=1S/C15H23FN4/c1-17-15(19-14-7-8-14)18-9-10-20(2)11-12-3-5-13(16)6-4-12/h3-6,14H,7-11H2,1-2H3,(H2,17,18,19). The number of nitrogens with one attached hydrogen (secondary N) is 2. The van der Waals surface area contributed by atoms with Crippen molar-refractivity contribution in [3.05, 3.63) is 35.6 Å². The van der Waals surface area contributed by atoms with Crippen molar-refractivity contribution in [2.24, 2.45) is 4.99 Å². The first-order chi connectivity index (χ1) is 9.67. The molecule has 0 aromatic heterocycles. The lowest BCUT2D eigenvalue weighted by atomic mass is 10.2. The lowest BCUT2D eigenvalue weighted by Gasteiger charge is -2.18. The zero-order valence-corrected chi connectivity index (χ0v) is 12.2. The Kier molecular flexibility index (Phi) is 5.35. The van der Waals surface area contributed by atoms with E-state index in [0.29, 0.717) is 6.04 Å². The van der Waals surface area contributed by atoms with Gasteiger partial charge >= 0.3 is 0 Å². The van der Waals surface area contributed by atoms with E-state index >= 15 is 0 Å². The van der Waals surface area contributed by atoms with Crippen LogP contribution in [0.25, 0.3) is 0 Å². The molecule has 4 nitrogen and oxygen atoms in total. The van der Waals surface area contributed by atoms with Crippen molar-refractivity contribution in [2.75, 3.05) is 27.2 Å². The second-order valence-electron chi connectivity index (χ2n) is 5.28. The molecular weight excluding hydrogens is 255 g/mol. The molecule has 2 rings (SSSR count). The van der Waals surface area contributed by atoms with Gasteiger partial charge in [-0.15, -0.1) is 0 Å². The highest BCUT2D eigenvalue weighted by atomic mass is 19.1. The van der Waals surface area contributed by atoms with Crippen LogP contribution in [-0.2, 0) is 6.54 Å². The maximum Gasteiger partial charge on any atom is 0.191 e. The van der Waals surface area contributed by atoms with Gasteiger partial charge in [0, 0.05) is 32.7 Å². The fraction of sp³-hybridized carbons (Fsp3) is 0.533. The molecule has 0 aliphatic heterocycles. The summed E-state index contributed by atoms with van der Waals surface area (Å²) in [5.41, 5.74) is 1.12. The van der Waals surface area contributed by atoms with Gasteiger partial charge in [-0.1, -0.05) is 12.1 Å². The number of aliphatic imine (C=N–C) groups is 1. The summed E-state index contributed by atoms with van der Waals surface area (Å²) in [5.74, 6) is 0.690. The van der Waals surface area contributed by atoms with Crippen molar-refractivity contribution in [1.29, 1.82) is 0 Å². The zero-order valence-electron chi connectivity index (χ0n) is 12.2. The molecule has 0 spiro atoms. The largest absolute Gasteiger partial charge is 0.355 e. The van der Waals surface area contributed by atoms with Gasteiger partial charge in [0.15, 0.2) is 5.96 Å². The van der Waals surface area contributed by atoms with E-state index in [-0.39, 0.29) is 5.82 Å². The maximum absolute atomic E-state index is 12.8. The summed E-state index contributed by atoms with van der Waals surface area (Å²) in [6.07, 6.45) is 2.48. The highest BCUT2D eigenvalue weighted by Gasteiger charge is 2.21. The summed E-state index contributed by atoms with van der Waals surface area (Å²) < 4.78 is 12.8.